The van der Waals surface area contributed by atoms with Gasteiger partial charge in [-0.3, -0.25) is 4.21 Å². The van der Waals surface area contributed by atoms with Crippen LogP contribution >= 0.6 is 15.9 Å². The average Bonchev–Trinajstić information content (AvgIpc) is 2.23. The molecule has 1 aromatic rings. The number of benzene rings is 1. The minimum atomic E-state index is -4.64. The fraction of sp³-hybridized carbons (Fsp3) is 0.300. The summed E-state index contributed by atoms with van der Waals surface area (Å²) >= 11 is 3.13. The molecule has 92 valence electrons. The van der Waals surface area contributed by atoms with Crippen LogP contribution in [0.3, 0.4) is 0 Å². The summed E-state index contributed by atoms with van der Waals surface area (Å²) in [5.74, 6) is -2.95. The summed E-state index contributed by atoms with van der Waals surface area (Å²) in [6.07, 6.45) is -4.64. The van der Waals surface area contributed by atoms with Crippen molar-refractivity contribution in [2.75, 3.05) is 5.75 Å². The SMILES string of the molecule is N#CC(CS(=O)c1cccc(Br)c1)C(F)(F)F. The highest BCUT2D eigenvalue weighted by molar-refractivity contribution is 9.10. The number of hydrogen-bond acceptors (Lipinski definition) is 2. The Morgan fingerprint density at radius 1 is 1.47 bits per heavy atom. The van der Waals surface area contributed by atoms with Gasteiger partial charge in [-0.1, -0.05) is 22.0 Å². The van der Waals surface area contributed by atoms with Crippen LogP contribution in [0.1, 0.15) is 0 Å². The summed E-state index contributed by atoms with van der Waals surface area (Å²) in [4.78, 5) is 0.267. The van der Waals surface area contributed by atoms with E-state index in [1.165, 1.54) is 12.1 Å². The molecule has 0 bridgehead atoms. The highest BCUT2D eigenvalue weighted by Gasteiger charge is 2.41. The van der Waals surface area contributed by atoms with Crippen LogP contribution in [0.4, 0.5) is 13.2 Å². The van der Waals surface area contributed by atoms with Crippen molar-refractivity contribution < 1.29 is 17.4 Å². The van der Waals surface area contributed by atoms with E-state index < -0.39 is 28.6 Å². The van der Waals surface area contributed by atoms with Crippen LogP contribution < -0.4 is 0 Å². The molecule has 1 rings (SSSR count). The van der Waals surface area contributed by atoms with Gasteiger partial charge in [-0.15, -0.1) is 0 Å². The number of hydrogen-bond donors (Lipinski definition) is 0. The molecule has 0 N–H and O–H groups in total. The number of halogens is 4. The molecule has 0 heterocycles. The van der Waals surface area contributed by atoms with Crippen molar-refractivity contribution in [3.63, 3.8) is 0 Å². The Balaban J connectivity index is 2.83. The molecule has 0 amide bonds. The largest absolute Gasteiger partial charge is 0.405 e. The van der Waals surface area contributed by atoms with Gasteiger partial charge < -0.3 is 0 Å². The lowest BCUT2D eigenvalue weighted by Crippen LogP contribution is -2.26. The third kappa shape index (κ3) is 4.13. The molecule has 2 nitrogen and oxygen atoms in total. The van der Waals surface area contributed by atoms with Gasteiger partial charge in [0.2, 0.25) is 0 Å². The topological polar surface area (TPSA) is 40.9 Å². The van der Waals surface area contributed by atoms with Gasteiger partial charge >= 0.3 is 6.18 Å². The predicted molar refractivity (Wildman–Crippen MR) is 60.6 cm³/mol. The van der Waals surface area contributed by atoms with Gasteiger partial charge in [-0.25, -0.2) is 0 Å². The number of alkyl halides is 3. The second-order valence-corrected chi connectivity index (χ2v) is 5.60. The van der Waals surface area contributed by atoms with E-state index in [0.717, 1.165) is 6.07 Å². The van der Waals surface area contributed by atoms with Gasteiger partial charge in [-0.2, -0.15) is 18.4 Å². The average molecular weight is 326 g/mol. The quantitative estimate of drug-likeness (QED) is 0.855. The smallest absolute Gasteiger partial charge is 0.254 e. The first-order valence-electron chi connectivity index (χ1n) is 4.45. The first-order chi connectivity index (χ1) is 7.84. The molecular formula is C10H7BrF3NOS. The Labute approximate surface area is 107 Å². The standard InChI is InChI=1S/C10H7BrF3NOS/c11-8-2-1-3-9(4-8)17(16)6-7(5-15)10(12,13)14/h1-4,7H,6H2. The third-order valence-electron chi connectivity index (χ3n) is 1.93. The summed E-state index contributed by atoms with van der Waals surface area (Å²) < 4.78 is 49.2. The van der Waals surface area contributed by atoms with Crippen LogP contribution in [0.5, 0.6) is 0 Å². The monoisotopic (exact) mass is 325 g/mol. The van der Waals surface area contributed by atoms with Crippen LogP contribution in [0, 0.1) is 17.2 Å². The lowest BCUT2D eigenvalue weighted by molar-refractivity contribution is -0.153. The minimum Gasteiger partial charge on any atom is -0.254 e. The van der Waals surface area contributed by atoms with Gasteiger partial charge in [0.25, 0.3) is 0 Å². The van der Waals surface area contributed by atoms with E-state index in [2.05, 4.69) is 15.9 Å². The lowest BCUT2D eigenvalue weighted by atomic mass is 10.2. The first-order valence-corrected chi connectivity index (χ1v) is 6.56. The fourth-order valence-electron chi connectivity index (χ4n) is 1.06. The minimum absolute atomic E-state index is 0.267. The van der Waals surface area contributed by atoms with Crippen molar-refractivity contribution in [2.45, 2.75) is 11.1 Å². The van der Waals surface area contributed by atoms with Crippen molar-refractivity contribution in [2.24, 2.45) is 5.92 Å². The molecular weight excluding hydrogens is 319 g/mol. The molecule has 17 heavy (non-hydrogen) atoms. The summed E-state index contributed by atoms with van der Waals surface area (Å²) in [6.45, 7) is 0. The second-order valence-electron chi connectivity index (χ2n) is 3.19. The lowest BCUT2D eigenvalue weighted by Gasteiger charge is -2.12. The van der Waals surface area contributed by atoms with Crippen LogP contribution in [-0.4, -0.2) is 16.1 Å². The maximum Gasteiger partial charge on any atom is 0.405 e. The Hall–Kier alpha value is -0.870. The van der Waals surface area contributed by atoms with Crippen molar-refractivity contribution >= 4 is 26.7 Å². The number of nitriles is 1. The molecule has 0 radical (unpaired) electrons. The fourth-order valence-corrected chi connectivity index (χ4v) is 2.86. The van der Waals surface area contributed by atoms with Crippen LogP contribution in [-0.2, 0) is 10.8 Å². The highest BCUT2D eigenvalue weighted by Crippen LogP contribution is 2.27. The van der Waals surface area contributed by atoms with Gasteiger partial charge in [0.15, 0.2) is 5.92 Å². The summed E-state index contributed by atoms with van der Waals surface area (Å²) in [5, 5.41) is 8.40. The zero-order chi connectivity index (χ0) is 13.1. The molecule has 0 aliphatic rings. The van der Waals surface area contributed by atoms with Crippen molar-refractivity contribution in [1.82, 2.24) is 0 Å². The molecule has 7 heteroatoms. The number of rotatable bonds is 3. The Kier molecular flexibility index (Phi) is 4.71. The van der Waals surface area contributed by atoms with Gasteiger partial charge in [0, 0.05) is 9.37 Å². The highest BCUT2D eigenvalue weighted by atomic mass is 79.9. The third-order valence-corrected chi connectivity index (χ3v) is 3.84. The zero-order valence-corrected chi connectivity index (χ0v) is 10.8. The van der Waals surface area contributed by atoms with Crippen LogP contribution in [0.25, 0.3) is 0 Å². The van der Waals surface area contributed by atoms with Gasteiger partial charge in [0.1, 0.15) is 0 Å². The maximum atomic E-state index is 12.3. The Morgan fingerprint density at radius 2 is 2.12 bits per heavy atom. The molecule has 0 aromatic heterocycles. The summed E-state index contributed by atoms with van der Waals surface area (Å²) in [6, 6.07) is 7.31. The molecule has 1 aromatic carbocycles. The summed E-state index contributed by atoms with van der Waals surface area (Å²) in [7, 11) is -1.84. The van der Waals surface area contributed by atoms with Gasteiger partial charge in [-0.05, 0) is 18.2 Å². The van der Waals surface area contributed by atoms with Crippen molar-refractivity contribution in [1.29, 1.82) is 5.26 Å². The van der Waals surface area contributed by atoms with Crippen LogP contribution in [0.15, 0.2) is 33.6 Å². The predicted octanol–water partition coefficient (Wildman–Crippen LogP) is 3.26. The molecule has 0 saturated heterocycles. The van der Waals surface area contributed by atoms with E-state index in [-0.39, 0.29) is 4.90 Å². The zero-order valence-electron chi connectivity index (χ0n) is 8.37. The summed E-state index contributed by atoms with van der Waals surface area (Å²) in [5.41, 5.74) is 0. The number of nitrogens with zero attached hydrogens (tertiary/aromatic N) is 1. The normalized spacial score (nSPS) is 15.0. The van der Waals surface area contributed by atoms with Gasteiger partial charge in [0.05, 0.1) is 22.6 Å². The molecule has 0 aliphatic carbocycles. The van der Waals surface area contributed by atoms with E-state index in [4.69, 9.17) is 5.26 Å². The molecule has 2 atom stereocenters. The van der Waals surface area contributed by atoms with E-state index in [9.17, 15) is 17.4 Å². The van der Waals surface area contributed by atoms with Crippen molar-refractivity contribution in [3.8, 4) is 6.07 Å². The molecule has 0 aliphatic heterocycles. The molecule has 0 saturated carbocycles. The molecule has 0 spiro atoms. The first kappa shape index (κ1) is 14.2. The molecule has 0 fully saturated rings. The Bertz CT molecular complexity index is 469. The second kappa shape index (κ2) is 5.65. The maximum absolute atomic E-state index is 12.3. The van der Waals surface area contributed by atoms with E-state index in [1.807, 2.05) is 0 Å². The van der Waals surface area contributed by atoms with E-state index in [0.29, 0.717) is 4.47 Å². The van der Waals surface area contributed by atoms with E-state index >= 15 is 0 Å². The van der Waals surface area contributed by atoms with Crippen LogP contribution in [0.2, 0.25) is 0 Å². The van der Waals surface area contributed by atoms with E-state index in [1.54, 1.807) is 12.1 Å². The molecule has 2 unspecified atom stereocenters. The Morgan fingerprint density at radius 3 is 2.59 bits per heavy atom. The van der Waals surface area contributed by atoms with Crippen molar-refractivity contribution in [3.05, 3.63) is 28.7 Å².